The minimum absolute atomic E-state index is 0.0183. The molecule has 0 aromatic heterocycles. The van der Waals surface area contributed by atoms with Gasteiger partial charge in [0.05, 0.1) is 11.5 Å². The molecule has 0 saturated carbocycles. The molecule has 0 spiro atoms. The Balaban J connectivity index is 3.19. The van der Waals surface area contributed by atoms with Crippen LogP contribution in [0.4, 0.5) is 0 Å². The van der Waals surface area contributed by atoms with Crippen molar-refractivity contribution >= 4 is 5.91 Å². The number of nitrogens with one attached hydrogen (secondary N) is 1. The molecule has 5 nitrogen and oxygen atoms in total. The van der Waals surface area contributed by atoms with Crippen molar-refractivity contribution < 1.29 is 15.0 Å². The molecule has 16 heavy (non-hydrogen) atoms. The van der Waals surface area contributed by atoms with E-state index >= 15 is 0 Å². The van der Waals surface area contributed by atoms with E-state index in [0.29, 0.717) is 5.57 Å². The monoisotopic (exact) mass is 226 g/mol. The fourth-order valence-corrected chi connectivity index (χ4v) is 1.72. The van der Waals surface area contributed by atoms with Crippen LogP contribution >= 0.6 is 0 Å². The highest BCUT2D eigenvalue weighted by Gasteiger charge is 2.41. The maximum atomic E-state index is 11.6. The minimum Gasteiger partial charge on any atom is -0.508 e. The van der Waals surface area contributed by atoms with Gasteiger partial charge in [-0.1, -0.05) is 19.9 Å². The predicted molar refractivity (Wildman–Crippen MR) is 60.1 cm³/mol. The molecule has 0 bridgehead atoms. The van der Waals surface area contributed by atoms with E-state index in [-0.39, 0.29) is 11.7 Å². The lowest BCUT2D eigenvalue weighted by Crippen LogP contribution is -2.49. The molecule has 1 aliphatic carbocycles. The third-order valence-electron chi connectivity index (χ3n) is 2.92. The lowest BCUT2D eigenvalue weighted by Gasteiger charge is -2.33. The van der Waals surface area contributed by atoms with Gasteiger partial charge in [0.1, 0.15) is 5.76 Å². The van der Waals surface area contributed by atoms with E-state index in [1.54, 1.807) is 13.0 Å². The second kappa shape index (κ2) is 4.27. The zero-order chi connectivity index (χ0) is 12.5. The molecule has 1 amide bonds. The van der Waals surface area contributed by atoms with Crippen molar-refractivity contribution in [2.75, 3.05) is 0 Å². The summed E-state index contributed by atoms with van der Waals surface area (Å²) in [5, 5.41) is 19.5. The van der Waals surface area contributed by atoms with Crippen LogP contribution in [0.3, 0.4) is 0 Å². The van der Waals surface area contributed by atoms with Crippen molar-refractivity contribution in [3.05, 3.63) is 23.5 Å². The number of rotatable bonds is 2. The second-order valence-electron chi connectivity index (χ2n) is 4.51. The number of aliphatic hydroxyl groups is 2. The molecule has 1 aliphatic rings. The summed E-state index contributed by atoms with van der Waals surface area (Å²) in [6.07, 6.45) is 1.75. The van der Waals surface area contributed by atoms with Crippen molar-refractivity contribution in [1.82, 2.24) is 5.43 Å². The van der Waals surface area contributed by atoms with Crippen molar-refractivity contribution in [3.63, 3.8) is 0 Å². The van der Waals surface area contributed by atoms with Crippen LogP contribution < -0.4 is 11.3 Å². The molecule has 0 aromatic rings. The maximum absolute atomic E-state index is 11.6. The Morgan fingerprint density at radius 1 is 1.62 bits per heavy atom. The standard InChI is InChI=1S/C11H18N2O3/c1-6(2)7-5-11(3,10(16)13-12)9(15)4-8(7)14/h4-6,9,14-15H,12H2,1-3H3,(H,13,16). The van der Waals surface area contributed by atoms with Crippen LogP contribution in [-0.4, -0.2) is 22.2 Å². The Hall–Kier alpha value is -1.33. The van der Waals surface area contributed by atoms with Crippen LogP contribution in [0.2, 0.25) is 0 Å². The highest BCUT2D eigenvalue weighted by molar-refractivity contribution is 5.85. The smallest absolute Gasteiger partial charge is 0.246 e. The summed E-state index contributed by atoms with van der Waals surface area (Å²) in [6.45, 7) is 5.37. The van der Waals surface area contributed by atoms with Crippen LogP contribution in [0.25, 0.3) is 0 Å². The van der Waals surface area contributed by atoms with E-state index in [1.165, 1.54) is 6.08 Å². The first-order valence-corrected chi connectivity index (χ1v) is 5.16. The minimum atomic E-state index is -1.14. The molecule has 0 aromatic carbocycles. The number of carbonyl (C=O) groups excluding carboxylic acids is 1. The average Bonchev–Trinajstić information content (AvgIpc) is 2.21. The molecule has 0 saturated heterocycles. The quantitative estimate of drug-likeness (QED) is 0.311. The van der Waals surface area contributed by atoms with Gasteiger partial charge in [-0.2, -0.15) is 0 Å². The molecule has 0 radical (unpaired) electrons. The van der Waals surface area contributed by atoms with Gasteiger partial charge in [-0.25, -0.2) is 5.84 Å². The first-order chi connectivity index (χ1) is 7.32. The van der Waals surface area contributed by atoms with Crippen LogP contribution in [0.1, 0.15) is 20.8 Å². The third-order valence-corrected chi connectivity index (χ3v) is 2.92. The molecule has 0 heterocycles. The van der Waals surface area contributed by atoms with E-state index < -0.39 is 17.4 Å². The zero-order valence-electron chi connectivity index (χ0n) is 9.69. The molecule has 0 fully saturated rings. The number of hydrogen-bond acceptors (Lipinski definition) is 4. The summed E-state index contributed by atoms with van der Waals surface area (Å²) in [6, 6.07) is 0. The second-order valence-corrected chi connectivity index (χ2v) is 4.51. The number of aliphatic hydroxyl groups excluding tert-OH is 2. The van der Waals surface area contributed by atoms with Gasteiger partial charge in [0, 0.05) is 0 Å². The van der Waals surface area contributed by atoms with Crippen molar-refractivity contribution in [3.8, 4) is 0 Å². The molecule has 1 rings (SSSR count). The lowest BCUT2D eigenvalue weighted by molar-refractivity contribution is -0.131. The van der Waals surface area contributed by atoms with Gasteiger partial charge in [-0.15, -0.1) is 0 Å². The molecular weight excluding hydrogens is 208 g/mol. The van der Waals surface area contributed by atoms with Crippen molar-refractivity contribution in [2.24, 2.45) is 17.2 Å². The largest absolute Gasteiger partial charge is 0.508 e. The summed E-state index contributed by atoms with van der Waals surface area (Å²) in [7, 11) is 0. The van der Waals surface area contributed by atoms with E-state index in [2.05, 4.69) is 0 Å². The highest BCUT2D eigenvalue weighted by Crippen LogP contribution is 2.35. The van der Waals surface area contributed by atoms with E-state index in [1.807, 2.05) is 19.3 Å². The SMILES string of the molecule is CC(C)C1=CC(C)(C(=O)NN)C(O)C=C1O. The Morgan fingerprint density at radius 2 is 2.19 bits per heavy atom. The third kappa shape index (κ3) is 1.96. The fourth-order valence-electron chi connectivity index (χ4n) is 1.72. The molecule has 2 atom stereocenters. The number of amides is 1. The van der Waals surface area contributed by atoms with Gasteiger partial charge in [0.15, 0.2) is 0 Å². The van der Waals surface area contributed by atoms with Gasteiger partial charge in [0.2, 0.25) is 5.91 Å². The summed E-state index contributed by atoms with van der Waals surface area (Å²) >= 11 is 0. The summed E-state index contributed by atoms with van der Waals surface area (Å²) in [5.41, 5.74) is 1.52. The Bertz CT molecular complexity index is 360. The van der Waals surface area contributed by atoms with Gasteiger partial charge in [-0.3, -0.25) is 10.2 Å². The fraction of sp³-hybridized carbons (Fsp3) is 0.545. The molecular formula is C11H18N2O3. The Morgan fingerprint density at radius 3 is 2.62 bits per heavy atom. The van der Waals surface area contributed by atoms with Gasteiger partial charge >= 0.3 is 0 Å². The normalized spacial score (nSPS) is 29.8. The van der Waals surface area contributed by atoms with Crippen molar-refractivity contribution in [2.45, 2.75) is 26.9 Å². The van der Waals surface area contributed by atoms with E-state index in [9.17, 15) is 15.0 Å². The number of nitrogens with two attached hydrogens (primary N) is 1. The first-order valence-electron chi connectivity index (χ1n) is 5.16. The molecule has 0 aliphatic heterocycles. The van der Waals surface area contributed by atoms with Crippen LogP contribution in [-0.2, 0) is 4.79 Å². The molecule has 5 heteroatoms. The Labute approximate surface area is 94.6 Å². The topological polar surface area (TPSA) is 95.6 Å². The van der Waals surface area contributed by atoms with Crippen LogP contribution in [0.5, 0.6) is 0 Å². The van der Waals surface area contributed by atoms with E-state index in [4.69, 9.17) is 5.84 Å². The number of hydrazine groups is 1. The van der Waals surface area contributed by atoms with Crippen LogP contribution in [0.15, 0.2) is 23.5 Å². The van der Waals surface area contributed by atoms with E-state index in [0.717, 1.165) is 0 Å². The molecule has 5 N–H and O–H groups in total. The van der Waals surface area contributed by atoms with Gasteiger partial charge in [0.25, 0.3) is 0 Å². The average molecular weight is 226 g/mol. The number of carbonyl (C=O) groups is 1. The molecule has 90 valence electrons. The summed E-state index contributed by atoms with van der Waals surface area (Å²) in [4.78, 5) is 11.6. The first kappa shape index (κ1) is 12.7. The van der Waals surface area contributed by atoms with Crippen LogP contribution in [0, 0.1) is 11.3 Å². The summed E-state index contributed by atoms with van der Waals surface area (Å²) < 4.78 is 0. The molecule has 2 unspecified atom stereocenters. The maximum Gasteiger partial charge on any atom is 0.246 e. The van der Waals surface area contributed by atoms with Gasteiger partial charge in [-0.05, 0) is 24.5 Å². The van der Waals surface area contributed by atoms with Crippen molar-refractivity contribution in [1.29, 1.82) is 0 Å². The predicted octanol–water partition coefficient (Wildman–Crippen LogP) is 0.381. The zero-order valence-corrected chi connectivity index (χ0v) is 9.69. The number of hydrogen-bond donors (Lipinski definition) is 4. The number of allylic oxidation sites excluding steroid dienone is 1. The lowest BCUT2D eigenvalue weighted by atomic mass is 9.75. The highest BCUT2D eigenvalue weighted by atomic mass is 16.3. The Kier molecular flexibility index (Phi) is 3.40. The summed E-state index contributed by atoms with van der Waals surface area (Å²) in [5.74, 6) is 4.68. The van der Waals surface area contributed by atoms with Gasteiger partial charge < -0.3 is 10.2 Å².